The molecule has 0 saturated carbocycles. The number of carbonyl (C=O) groups excluding carboxylic acids is 1. The Bertz CT molecular complexity index is 855. The molecular formula is C15H19N5O2S. The van der Waals surface area contributed by atoms with Crippen LogP contribution in [0.4, 0.5) is 0 Å². The molecular weight excluding hydrogens is 314 g/mol. The Morgan fingerprint density at radius 3 is 2.65 bits per heavy atom. The van der Waals surface area contributed by atoms with Crippen molar-refractivity contribution in [1.29, 1.82) is 5.26 Å². The van der Waals surface area contributed by atoms with Crippen molar-refractivity contribution in [2.24, 2.45) is 0 Å². The number of rotatable bonds is 3. The average molecular weight is 333 g/mol. The monoisotopic (exact) mass is 333 g/mol. The molecule has 0 atom stereocenters. The summed E-state index contributed by atoms with van der Waals surface area (Å²) in [7, 11) is 0. The minimum atomic E-state index is -0.460. The maximum absolute atomic E-state index is 11.7. The van der Waals surface area contributed by atoms with Gasteiger partial charge in [-0.1, -0.05) is 6.58 Å². The topological polar surface area (TPSA) is 104 Å². The number of aryl methyl sites for hydroxylation is 1. The van der Waals surface area contributed by atoms with E-state index in [2.05, 4.69) is 21.9 Å². The quantitative estimate of drug-likeness (QED) is 0.816. The van der Waals surface area contributed by atoms with Crippen LogP contribution in [0.1, 0.15) is 19.7 Å². The first-order chi connectivity index (χ1) is 11.0. The smallest absolute Gasteiger partial charge is 0.268 e. The number of carbonyl (C=O) groups is 1. The third-order valence-corrected chi connectivity index (χ3v) is 3.83. The van der Waals surface area contributed by atoms with Crippen LogP contribution in [0.5, 0.6) is 0 Å². The number of nitrogens with one attached hydrogen (secondary N) is 2. The van der Waals surface area contributed by atoms with Crippen LogP contribution in [0.3, 0.4) is 0 Å². The molecule has 0 unspecified atom stereocenters. The fourth-order valence-corrected chi connectivity index (χ4v) is 2.71. The molecule has 2 N–H and O–H groups in total. The predicted octanol–water partition coefficient (Wildman–Crippen LogP) is -0.132. The fraction of sp³-hybridized carbons (Fsp3) is 0.333. The number of hydrogen-bond acceptors (Lipinski definition) is 5. The third-order valence-electron chi connectivity index (χ3n) is 2.79. The van der Waals surface area contributed by atoms with Gasteiger partial charge in [0.05, 0.1) is 4.53 Å². The number of amides is 1. The highest BCUT2D eigenvalue weighted by Crippen LogP contribution is 1.92. The molecule has 2 aromatic heterocycles. The Morgan fingerprint density at radius 2 is 2.26 bits per heavy atom. The van der Waals surface area contributed by atoms with Gasteiger partial charge >= 0.3 is 0 Å². The number of imidazole rings is 1. The number of aromatic nitrogens is 3. The first-order valence-electron chi connectivity index (χ1n) is 7.03. The van der Waals surface area contributed by atoms with E-state index in [0.717, 1.165) is 17.2 Å². The molecule has 0 aromatic carbocycles. The van der Waals surface area contributed by atoms with Crippen LogP contribution in [-0.4, -0.2) is 27.0 Å². The summed E-state index contributed by atoms with van der Waals surface area (Å²) in [6.45, 7) is 9.91. The van der Waals surface area contributed by atoms with E-state index >= 15 is 0 Å². The maximum atomic E-state index is 11.7. The zero-order valence-electron chi connectivity index (χ0n) is 13.3. The second kappa shape index (κ2) is 8.70. The molecule has 23 heavy (non-hydrogen) atoms. The summed E-state index contributed by atoms with van der Waals surface area (Å²) in [5.41, 5.74) is -0.282. The van der Waals surface area contributed by atoms with Gasteiger partial charge in [0.2, 0.25) is 0 Å². The average Bonchev–Trinajstić information content (AvgIpc) is 3.09. The van der Waals surface area contributed by atoms with E-state index in [1.807, 2.05) is 13.0 Å². The molecule has 2 aromatic rings. The molecule has 0 aliphatic heterocycles. The summed E-state index contributed by atoms with van der Waals surface area (Å²) in [5, 5.41) is 11.6. The lowest BCUT2D eigenvalue weighted by atomic mass is 10.3. The Hall–Kier alpha value is -2.66. The number of nitrogens with zero attached hydrogens (tertiary/aromatic N) is 3. The van der Waals surface area contributed by atoms with E-state index in [4.69, 9.17) is 5.26 Å². The number of hydrogen-bond donors (Lipinski definition) is 2. The minimum absolute atomic E-state index is 0.0364. The zero-order valence-corrected chi connectivity index (χ0v) is 14.2. The zero-order chi connectivity index (χ0) is 17.4. The highest BCUT2D eigenvalue weighted by Gasteiger charge is 2.13. The predicted molar refractivity (Wildman–Crippen MR) is 90.1 cm³/mol. The molecule has 0 bridgehead atoms. The first-order valence-corrected chi connectivity index (χ1v) is 7.85. The van der Waals surface area contributed by atoms with E-state index in [1.165, 1.54) is 4.57 Å². The van der Waals surface area contributed by atoms with Crippen LogP contribution < -0.4 is 20.1 Å². The van der Waals surface area contributed by atoms with Crippen molar-refractivity contribution in [3.8, 4) is 6.07 Å². The Kier molecular flexibility index (Phi) is 6.96. The second-order valence-electron chi connectivity index (χ2n) is 4.40. The summed E-state index contributed by atoms with van der Waals surface area (Å²) in [5.74, 6) is 0.508. The minimum Gasteiger partial charge on any atom is -0.352 e. The molecule has 1 amide bonds. The second-order valence-corrected chi connectivity index (χ2v) is 5.48. The number of H-pyrrole nitrogens is 1. The van der Waals surface area contributed by atoms with Crippen molar-refractivity contribution >= 4 is 29.4 Å². The summed E-state index contributed by atoms with van der Waals surface area (Å²) in [6, 6.07) is 1.85. The van der Waals surface area contributed by atoms with Crippen LogP contribution in [0, 0.1) is 18.3 Å². The Morgan fingerprint density at radius 1 is 1.57 bits per heavy atom. The van der Waals surface area contributed by atoms with Gasteiger partial charge in [0.1, 0.15) is 16.6 Å². The summed E-state index contributed by atoms with van der Waals surface area (Å²) < 4.78 is 2.09. The first kappa shape index (κ1) is 18.4. The largest absolute Gasteiger partial charge is 0.352 e. The van der Waals surface area contributed by atoms with Gasteiger partial charge < -0.3 is 10.3 Å². The summed E-state index contributed by atoms with van der Waals surface area (Å²) in [6.07, 6.45) is 3.53. The molecule has 0 fully saturated rings. The van der Waals surface area contributed by atoms with Crippen molar-refractivity contribution in [3.63, 3.8) is 0 Å². The van der Waals surface area contributed by atoms with Gasteiger partial charge in [-0.3, -0.25) is 14.2 Å². The highest BCUT2D eigenvalue weighted by molar-refractivity contribution is 7.07. The van der Waals surface area contributed by atoms with E-state index < -0.39 is 5.91 Å². The van der Waals surface area contributed by atoms with Crippen molar-refractivity contribution in [1.82, 2.24) is 19.9 Å². The van der Waals surface area contributed by atoms with Crippen molar-refractivity contribution < 1.29 is 4.79 Å². The highest BCUT2D eigenvalue weighted by atomic mass is 32.1. The molecule has 122 valence electrons. The Balaban J connectivity index is 0.000000366. The van der Waals surface area contributed by atoms with Crippen LogP contribution in [0.25, 0.3) is 12.2 Å². The molecule has 0 radical (unpaired) electrons. The van der Waals surface area contributed by atoms with Gasteiger partial charge in [0, 0.05) is 25.5 Å². The molecule has 0 saturated heterocycles. The number of nitriles is 1. The Labute approximate surface area is 137 Å². The lowest BCUT2D eigenvalue weighted by molar-refractivity contribution is -0.115. The van der Waals surface area contributed by atoms with Gasteiger partial charge in [-0.25, -0.2) is 4.98 Å². The van der Waals surface area contributed by atoms with E-state index in [9.17, 15) is 9.59 Å². The van der Waals surface area contributed by atoms with Crippen molar-refractivity contribution in [2.75, 3.05) is 6.54 Å². The standard InChI is InChI=1S/C11H13N3O2S.C4H6N2/c1-4-13-9(15)8(6-12)11-14(5-2)10(16)7(3)17-11;1-4-5-2-3-6-4/h3-5H2,1-2H3,(H,13,15);2-3H,1H3,(H,5,6)/b11-8-;. The summed E-state index contributed by atoms with van der Waals surface area (Å²) >= 11 is 1.07. The van der Waals surface area contributed by atoms with Crippen molar-refractivity contribution in [3.05, 3.63) is 37.8 Å². The van der Waals surface area contributed by atoms with Crippen molar-refractivity contribution in [2.45, 2.75) is 27.3 Å². The van der Waals surface area contributed by atoms with Crippen LogP contribution in [-0.2, 0) is 11.3 Å². The third kappa shape index (κ3) is 4.66. The van der Waals surface area contributed by atoms with Crippen LogP contribution in [0.2, 0.25) is 0 Å². The van der Waals surface area contributed by atoms with E-state index in [0.29, 0.717) is 22.3 Å². The summed E-state index contributed by atoms with van der Waals surface area (Å²) in [4.78, 5) is 30.1. The molecule has 0 aliphatic carbocycles. The van der Waals surface area contributed by atoms with Gasteiger partial charge in [-0.15, -0.1) is 11.3 Å². The van der Waals surface area contributed by atoms with Crippen LogP contribution >= 0.6 is 11.3 Å². The van der Waals surface area contributed by atoms with Gasteiger partial charge in [0.15, 0.2) is 5.57 Å². The van der Waals surface area contributed by atoms with Crippen LogP contribution in [0.15, 0.2) is 17.2 Å². The lowest BCUT2D eigenvalue weighted by Gasteiger charge is -2.00. The number of aromatic amines is 1. The number of thiazole rings is 1. The van der Waals surface area contributed by atoms with E-state index in [-0.39, 0.29) is 11.1 Å². The molecule has 0 spiro atoms. The van der Waals surface area contributed by atoms with Gasteiger partial charge in [-0.2, -0.15) is 5.26 Å². The van der Waals surface area contributed by atoms with Gasteiger partial charge in [0.25, 0.3) is 11.5 Å². The van der Waals surface area contributed by atoms with Gasteiger partial charge in [-0.05, 0) is 20.8 Å². The SMILES string of the molecule is C=c1s/c(=C(/C#N)C(=O)NCC)n(CC)c1=O.Cc1ncc[nH]1. The molecule has 2 rings (SSSR count). The molecule has 2 heterocycles. The van der Waals surface area contributed by atoms with E-state index in [1.54, 1.807) is 26.2 Å². The molecule has 8 heteroatoms. The molecule has 7 nitrogen and oxygen atoms in total. The lowest BCUT2D eigenvalue weighted by Crippen LogP contribution is -2.34. The fourth-order valence-electron chi connectivity index (χ4n) is 1.72. The molecule has 0 aliphatic rings. The maximum Gasteiger partial charge on any atom is 0.268 e. The normalized spacial score (nSPS) is 11.0.